The van der Waals surface area contributed by atoms with Gasteiger partial charge in [0, 0.05) is 5.02 Å². The lowest BCUT2D eigenvalue weighted by Crippen LogP contribution is -2.13. The fourth-order valence-electron chi connectivity index (χ4n) is 1.07. The number of anilines is 1. The number of halogens is 2. The van der Waals surface area contributed by atoms with Crippen molar-refractivity contribution in [3.63, 3.8) is 0 Å². The van der Waals surface area contributed by atoms with Gasteiger partial charge in [-0.3, -0.25) is 4.72 Å². The van der Waals surface area contributed by atoms with Gasteiger partial charge in [0.05, 0.1) is 5.02 Å². The van der Waals surface area contributed by atoms with Crippen LogP contribution in [0.5, 0.6) is 0 Å². The van der Waals surface area contributed by atoms with Gasteiger partial charge in [0.1, 0.15) is 10.4 Å². The first-order valence-electron chi connectivity index (χ1n) is 4.23. The van der Waals surface area contributed by atoms with Crippen LogP contribution >= 0.6 is 34.5 Å². The smallest absolute Gasteiger partial charge is 0.253 e. The van der Waals surface area contributed by atoms with E-state index in [0.717, 1.165) is 11.3 Å². The zero-order chi connectivity index (χ0) is 12.5. The van der Waals surface area contributed by atoms with Crippen LogP contribution in [0.15, 0.2) is 28.6 Å². The molecule has 9 heteroatoms. The molecule has 0 fully saturated rings. The Kier molecular flexibility index (Phi) is 3.53. The fourth-order valence-corrected chi connectivity index (χ4v) is 3.53. The number of hydrogen-bond acceptors (Lipinski definition) is 5. The first-order valence-corrected chi connectivity index (χ1v) is 7.35. The van der Waals surface area contributed by atoms with Crippen LogP contribution in [0.1, 0.15) is 0 Å². The van der Waals surface area contributed by atoms with Crippen LogP contribution < -0.4 is 4.72 Å². The summed E-state index contributed by atoms with van der Waals surface area (Å²) in [5, 5.41) is 7.64. The Morgan fingerprint density at radius 1 is 1.29 bits per heavy atom. The van der Waals surface area contributed by atoms with Crippen molar-refractivity contribution in [1.29, 1.82) is 0 Å². The van der Waals surface area contributed by atoms with Crippen LogP contribution in [0.25, 0.3) is 0 Å². The molecule has 0 unspecified atom stereocenters. The monoisotopic (exact) mass is 309 g/mol. The highest BCUT2D eigenvalue weighted by molar-refractivity contribution is 7.93. The molecule has 1 aromatic heterocycles. The highest BCUT2D eigenvalue weighted by Crippen LogP contribution is 2.26. The maximum Gasteiger partial charge on any atom is 0.265 e. The Bertz CT molecular complexity index is 628. The lowest BCUT2D eigenvalue weighted by Gasteiger charge is -2.06. The molecule has 0 saturated carbocycles. The van der Waals surface area contributed by atoms with Crippen LogP contribution in [-0.2, 0) is 10.0 Å². The van der Waals surface area contributed by atoms with Crippen molar-refractivity contribution >= 4 is 49.7 Å². The number of hydrogen-bond donors (Lipinski definition) is 1. The summed E-state index contributed by atoms with van der Waals surface area (Å²) in [6.07, 6.45) is 0. The fraction of sp³-hybridized carbons (Fsp3) is 0. The molecule has 1 aromatic carbocycles. The largest absolute Gasteiger partial charge is 0.265 e. The molecule has 5 nitrogen and oxygen atoms in total. The third-order valence-corrected chi connectivity index (χ3v) is 4.56. The molecule has 0 saturated heterocycles. The van der Waals surface area contributed by atoms with E-state index in [1.165, 1.54) is 23.7 Å². The Morgan fingerprint density at radius 2 is 2.06 bits per heavy atom. The van der Waals surface area contributed by atoms with Gasteiger partial charge in [0.15, 0.2) is 0 Å². The van der Waals surface area contributed by atoms with E-state index in [2.05, 4.69) is 14.9 Å². The van der Waals surface area contributed by atoms with E-state index in [9.17, 15) is 8.42 Å². The van der Waals surface area contributed by atoms with Crippen LogP contribution in [0.2, 0.25) is 10.0 Å². The van der Waals surface area contributed by atoms with Crippen LogP contribution in [0, 0.1) is 0 Å². The number of nitrogens with one attached hydrogen (secondary N) is 1. The summed E-state index contributed by atoms with van der Waals surface area (Å²) in [5.41, 5.74) is 1.41. The topological polar surface area (TPSA) is 72.0 Å². The van der Waals surface area contributed by atoms with Gasteiger partial charge < -0.3 is 0 Å². The Labute approximate surface area is 111 Å². The van der Waals surface area contributed by atoms with Crippen molar-refractivity contribution < 1.29 is 8.42 Å². The highest BCUT2D eigenvalue weighted by Gasteiger charge is 2.19. The van der Waals surface area contributed by atoms with Crippen LogP contribution in [0.4, 0.5) is 5.13 Å². The average Bonchev–Trinajstić information content (AvgIpc) is 2.73. The second-order valence-electron chi connectivity index (χ2n) is 2.92. The summed E-state index contributed by atoms with van der Waals surface area (Å²) in [5.74, 6) is 0. The molecule has 0 bridgehead atoms. The molecule has 2 rings (SSSR count). The minimum atomic E-state index is -3.79. The second-order valence-corrected chi connectivity index (χ2v) is 6.25. The van der Waals surface area contributed by atoms with Gasteiger partial charge >= 0.3 is 0 Å². The zero-order valence-corrected chi connectivity index (χ0v) is 11.2. The molecular weight excluding hydrogens is 305 g/mol. The Hall–Kier alpha value is -0.890. The molecule has 0 aliphatic heterocycles. The minimum absolute atomic E-state index is 0.0893. The van der Waals surface area contributed by atoms with E-state index in [1.54, 1.807) is 0 Å². The molecule has 0 radical (unpaired) electrons. The number of rotatable bonds is 3. The molecule has 2 aromatic rings. The van der Waals surface area contributed by atoms with Crippen molar-refractivity contribution in [2.24, 2.45) is 0 Å². The van der Waals surface area contributed by atoms with Crippen molar-refractivity contribution in [3.8, 4) is 0 Å². The number of benzene rings is 1. The van der Waals surface area contributed by atoms with Gasteiger partial charge in [0.25, 0.3) is 10.0 Å². The Morgan fingerprint density at radius 3 is 2.71 bits per heavy atom. The van der Waals surface area contributed by atoms with E-state index in [-0.39, 0.29) is 20.1 Å². The lowest BCUT2D eigenvalue weighted by atomic mass is 10.4. The van der Waals surface area contributed by atoms with E-state index in [0.29, 0.717) is 0 Å². The van der Waals surface area contributed by atoms with Gasteiger partial charge in [-0.15, -0.1) is 10.2 Å². The first-order chi connectivity index (χ1) is 7.99. The average molecular weight is 310 g/mol. The van der Waals surface area contributed by atoms with Crippen LogP contribution in [0.3, 0.4) is 0 Å². The molecule has 17 heavy (non-hydrogen) atoms. The molecule has 1 heterocycles. The molecule has 0 aliphatic carbocycles. The number of nitrogens with zero attached hydrogens (tertiary/aromatic N) is 2. The first kappa shape index (κ1) is 12.6. The summed E-state index contributed by atoms with van der Waals surface area (Å²) in [4.78, 5) is -0.0955. The Balaban J connectivity index is 2.41. The van der Waals surface area contributed by atoms with Crippen molar-refractivity contribution in [2.75, 3.05) is 4.72 Å². The third kappa shape index (κ3) is 2.86. The van der Waals surface area contributed by atoms with Gasteiger partial charge in [-0.1, -0.05) is 34.5 Å². The third-order valence-electron chi connectivity index (χ3n) is 1.76. The molecule has 0 atom stereocenters. The second kappa shape index (κ2) is 4.77. The maximum atomic E-state index is 12.0. The molecule has 90 valence electrons. The standard InChI is InChI=1S/C8H5Cl2N3O2S2/c9-5-1-2-6(10)7(3-5)17(14,15)13-8-12-11-4-16-8/h1-4H,(H,12,13). The van der Waals surface area contributed by atoms with E-state index in [4.69, 9.17) is 23.2 Å². The van der Waals surface area contributed by atoms with Gasteiger partial charge in [-0.2, -0.15) is 0 Å². The van der Waals surface area contributed by atoms with Gasteiger partial charge in [-0.05, 0) is 18.2 Å². The summed E-state index contributed by atoms with van der Waals surface area (Å²) in [6, 6.07) is 4.19. The van der Waals surface area contributed by atoms with E-state index < -0.39 is 10.0 Å². The SMILES string of the molecule is O=S(=O)(Nc1nncs1)c1cc(Cl)ccc1Cl. The summed E-state index contributed by atoms with van der Waals surface area (Å²) in [7, 11) is -3.79. The van der Waals surface area contributed by atoms with Crippen molar-refractivity contribution in [2.45, 2.75) is 4.90 Å². The van der Waals surface area contributed by atoms with Crippen molar-refractivity contribution in [3.05, 3.63) is 33.8 Å². The molecule has 1 N–H and O–H groups in total. The van der Waals surface area contributed by atoms with Gasteiger partial charge in [0.2, 0.25) is 5.13 Å². The summed E-state index contributed by atoms with van der Waals surface area (Å²) < 4.78 is 26.2. The predicted octanol–water partition coefficient (Wildman–Crippen LogP) is 2.65. The van der Waals surface area contributed by atoms with Crippen molar-refractivity contribution in [1.82, 2.24) is 10.2 Å². The predicted molar refractivity (Wildman–Crippen MR) is 67.2 cm³/mol. The number of aromatic nitrogens is 2. The lowest BCUT2D eigenvalue weighted by molar-refractivity contribution is 0.601. The molecule has 0 spiro atoms. The quantitative estimate of drug-likeness (QED) is 0.946. The molecule has 0 amide bonds. The normalized spacial score (nSPS) is 11.4. The summed E-state index contributed by atoms with van der Waals surface area (Å²) in [6.45, 7) is 0. The minimum Gasteiger partial charge on any atom is -0.253 e. The summed E-state index contributed by atoms with van der Waals surface area (Å²) >= 11 is 12.6. The zero-order valence-electron chi connectivity index (χ0n) is 8.09. The van der Waals surface area contributed by atoms with E-state index >= 15 is 0 Å². The van der Waals surface area contributed by atoms with E-state index in [1.807, 2.05) is 0 Å². The molecular formula is C8H5Cl2N3O2S2. The molecule has 0 aliphatic rings. The number of sulfonamides is 1. The van der Waals surface area contributed by atoms with Gasteiger partial charge in [-0.25, -0.2) is 8.42 Å². The highest BCUT2D eigenvalue weighted by atomic mass is 35.5. The maximum absolute atomic E-state index is 12.0. The van der Waals surface area contributed by atoms with Crippen LogP contribution in [-0.4, -0.2) is 18.6 Å².